The van der Waals surface area contributed by atoms with Crippen LogP contribution in [0, 0.1) is 6.92 Å². The van der Waals surface area contributed by atoms with Gasteiger partial charge in [0.15, 0.2) is 0 Å². The summed E-state index contributed by atoms with van der Waals surface area (Å²) in [4.78, 5) is 42.5. The highest BCUT2D eigenvalue weighted by Crippen LogP contribution is 2.29. The van der Waals surface area contributed by atoms with Gasteiger partial charge in [-0.2, -0.15) is 21.6 Å². The molecule has 3 amide bonds. The molecule has 1 saturated heterocycles. The second-order valence-corrected chi connectivity index (χ2v) is 13.2. The third-order valence-electron chi connectivity index (χ3n) is 8.02. The molecule has 1 N–H and O–H groups in total. The van der Waals surface area contributed by atoms with Crippen LogP contribution in [0.5, 0.6) is 5.75 Å². The number of alkyl halides is 3. The van der Waals surface area contributed by atoms with Crippen LogP contribution in [0.4, 0.5) is 18.0 Å². The molecule has 0 unspecified atom stereocenters. The number of hydrogen-bond donors (Lipinski definition) is 1. The predicted molar refractivity (Wildman–Crippen MR) is 177 cm³/mol. The van der Waals surface area contributed by atoms with Gasteiger partial charge in [-0.25, -0.2) is 4.79 Å². The Kier molecular flexibility index (Phi) is 11.1. The highest BCUT2D eigenvalue weighted by Gasteiger charge is 2.33. The average molecular weight is 710 g/mol. The summed E-state index contributed by atoms with van der Waals surface area (Å²) >= 11 is 0. The van der Waals surface area contributed by atoms with Crippen LogP contribution in [-0.4, -0.2) is 68.3 Å². The molecular weight excluding hydrogens is 675 g/mol. The van der Waals surface area contributed by atoms with E-state index < -0.39 is 45.8 Å². The van der Waals surface area contributed by atoms with Gasteiger partial charge in [0, 0.05) is 38.2 Å². The van der Waals surface area contributed by atoms with E-state index in [4.69, 9.17) is 8.92 Å². The summed E-state index contributed by atoms with van der Waals surface area (Å²) in [6, 6.07) is 24.1. The number of ether oxygens (including phenoxy) is 1. The normalized spacial score (nSPS) is 14.1. The maximum absolute atomic E-state index is 13.8. The zero-order valence-corrected chi connectivity index (χ0v) is 27.7. The lowest BCUT2D eigenvalue weighted by Crippen LogP contribution is -2.56. The van der Waals surface area contributed by atoms with Crippen LogP contribution in [0.3, 0.4) is 0 Å². The molecule has 1 fully saturated rings. The van der Waals surface area contributed by atoms with Gasteiger partial charge in [0.2, 0.25) is 5.91 Å². The van der Waals surface area contributed by atoms with E-state index in [-0.39, 0.29) is 55.4 Å². The maximum Gasteiger partial charge on any atom is 0.416 e. The van der Waals surface area contributed by atoms with Crippen molar-refractivity contribution in [1.82, 2.24) is 15.1 Å². The van der Waals surface area contributed by atoms with E-state index in [1.54, 1.807) is 48.5 Å². The summed E-state index contributed by atoms with van der Waals surface area (Å²) in [5.74, 6) is -0.844. The second-order valence-electron chi connectivity index (χ2n) is 11.6. The summed E-state index contributed by atoms with van der Waals surface area (Å²) < 4.78 is 74.9. The number of carbonyl (C=O) groups is 3. The summed E-state index contributed by atoms with van der Waals surface area (Å²) in [5.41, 5.74) is 1.46. The first-order valence-corrected chi connectivity index (χ1v) is 17.0. The topological polar surface area (TPSA) is 122 Å². The van der Waals surface area contributed by atoms with Crippen molar-refractivity contribution in [3.63, 3.8) is 0 Å². The van der Waals surface area contributed by atoms with E-state index in [2.05, 4.69) is 5.32 Å². The fourth-order valence-electron chi connectivity index (χ4n) is 5.24. The number of nitrogens with one attached hydrogen (secondary N) is 1. The van der Waals surface area contributed by atoms with Crippen molar-refractivity contribution in [3.05, 3.63) is 131 Å². The molecule has 0 bridgehead atoms. The number of hydrogen-bond acceptors (Lipinski definition) is 7. The molecule has 1 aliphatic heterocycles. The minimum Gasteiger partial charge on any atom is -0.445 e. The van der Waals surface area contributed by atoms with E-state index in [0.717, 1.165) is 35.4 Å². The average Bonchev–Trinajstić information content (AvgIpc) is 3.11. The van der Waals surface area contributed by atoms with Gasteiger partial charge >= 0.3 is 22.4 Å². The summed E-state index contributed by atoms with van der Waals surface area (Å²) in [6.07, 6.45) is -5.33. The first-order valence-electron chi connectivity index (χ1n) is 15.6. The molecular formula is C36H34F3N3O7S. The van der Waals surface area contributed by atoms with Gasteiger partial charge in [-0.15, -0.1) is 0 Å². The number of amides is 3. The van der Waals surface area contributed by atoms with Gasteiger partial charge in [0.25, 0.3) is 5.91 Å². The minimum absolute atomic E-state index is 0.00258. The summed E-state index contributed by atoms with van der Waals surface area (Å²) in [6.45, 7) is 2.29. The van der Waals surface area contributed by atoms with Crippen LogP contribution in [0.1, 0.15) is 32.6 Å². The zero-order chi connectivity index (χ0) is 35.9. The monoisotopic (exact) mass is 709 g/mol. The third kappa shape index (κ3) is 9.41. The van der Waals surface area contributed by atoms with Crippen molar-refractivity contribution in [1.29, 1.82) is 0 Å². The number of rotatable bonds is 10. The summed E-state index contributed by atoms with van der Waals surface area (Å²) in [7, 11) is -4.08. The molecule has 1 aliphatic rings. The van der Waals surface area contributed by atoms with Gasteiger partial charge in [0.05, 0.1) is 5.56 Å². The van der Waals surface area contributed by atoms with E-state index in [9.17, 15) is 36.0 Å². The number of carbonyl (C=O) groups excluding carboxylic acids is 3. The van der Waals surface area contributed by atoms with E-state index in [0.29, 0.717) is 5.56 Å². The van der Waals surface area contributed by atoms with E-state index >= 15 is 0 Å². The van der Waals surface area contributed by atoms with Crippen molar-refractivity contribution in [2.45, 2.75) is 37.1 Å². The number of aryl methyl sites for hydroxylation is 1. The van der Waals surface area contributed by atoms with Crippen LogP contribution in [0.25, 0.3) is 0 Å². The third-order valence-corrected chi connectivity index (χ3v) is 9.28. The van der Waals surface area contributed by atoms with Crippen LogP contribution >= 0.6 is 0 Å². The Labute approximate surface area is 287 Å². The molecule has 0 aromatic heterocycles. The molecule has 50 heavy (non-hydrogen) atoms. The Morgan fingerprint density at radius 1 is 0.780 bits per heavy atom. The van der Waals surface area contributed by atoms with Crippen LogP contribution in [0.15, 0.2) is 108 Å². The number of alkyl carbamates (subject to hydrolysis) is 1. The first kappa shape index (κ1) is 35.9. The number of halogens is 3. The molecule has 10 nitrogen and oxygen atoms in total. The molecule has 1 atom stereocenters. The molecule has 14 heteroatoms. The Morgan fingerprint density at radius 3 is 1.98 bits per heavy atom. The minimum atomic E-state index is -4.52. The molecule has 0 aliphatic carbocycles. The fourth-order valence-corrected chi connectivity index (χ4v) is 6.17. The lowest BCUT2D eigenvalue weighted by molar-refractivity contribution is -0.137. The fraction of sp³-hybridized carbons (Fsp3) is 0.250. The van der Waals surface area contributed by atoms with Gasteiger partial charge in [-0.05, 0) is 66.6 Å². The Balaban J connectivity index is 1.24. The van der Waals surface area contributed by atoms with Gasteiger partial charge in [-0.3, -0.25) is 9.59 Å². The Hall–Kier alpha value is -5.37. The van der Waals surface area contributed by atoms with Crippen molar-refractivity contribution >= 4 is 28.0 Å². The molecule has 262 valence electrons. The van der Waals surface area contributed by atoms with Gasteiger partial charge in [-0.1, -0.05) is 60.2 Å². The molecule has 0 spiro atoms. The maximum atomic E-state index is 13.8. The van der Waals surface area contributed by atoms with Crippen molar-refractivity contribution in [3.8, 4) is 5.75 Å². The molecule has 4 aromatic rings. The molecule has 0 radical (unpaired) electrons. The van der Waals surface area contributed by atoms with Crippen molar-refractivity contribution in [2.24, 2.45) is 0 Å². The smallest absolute Gasteiger partial charge is 0.416 e. The SMILES string of the molecule is Cc1ccc(S(=O)(=O)Oc2ccc(C[C@H](NC(=O)OCc3ccccc3)C(=O)N3CCN(C(=O)c4ccc(C(F)(F)F)cc4)CC3)cc2)cc1. The predicted octanol–water partition coefficient (Wildman–Crippen LogP) is 5.60. The van der Waals surface area contributed by atoms with Crippen molar-refractivity contribution in [2.75, 3.05) is 26.2 Å². The highest BCUT2D eigenvalue weighted by atomic mass is 32.2. The van der Waals surface area contributed by atoms with E-state index in [1.807, 2.05) is 13.0 Å². The molecule has 0 saturated carbocycles. The van der Waals surface area contributed by atoms with Crippen molar-refractivity contribution < 1.29 is 44.9 Å². The second kappa shape index (κ2) is 15.5. The van der Waals surface area contributed by atoms with E-state index in [1.165, 1.54) is 34.1 Å². The molecule has 5 rings (SSSR count). The van der Waals surface area contributed by atoms with Gasteiger partial charge < -0.3 is 24.0 Å². The van der Waals surface area contributed by atoms with Crippen LogP contribution < -0.4 is 9.50 Å². The largest absolute Gasteiger partial charge is 0.445 e. The lowest BCUT2D eigenvalue weighted by atomic mass is 10.0. The number of benzene rings is 4. The lowest BCUT2D eigenvalue weighted by Gasteiger charge is -2.36. The Bertz CT molecular complexity index is 1900. The zero-order valence-electron chi connectivity index (χ0n) is 26.9. The standard InChI is InChI=1S/C36H34F3N3O7S/c1-25-7-17-31(18-8-25)50(46,47)49-30-15-9-26(10-16-30)23-32(40-35(45)48-24-27-5-3-2-4-6-27)34(44)42-21-19-41(20-22-42)33(43)28-11-13-29(14-12-28)36(37,38)39/h2-18,32H,19-24H2,1H3,(H,40,45)/t32-/m0/s1. The Morgan fingerprint density at radius 2 is 1.38 bits per heavy atom. The van der Waals surface area contributed by atoms with Gasteiger partial charge in [0.1, 0.15) is 23.3 Å². The molecule has 1 heterocycles. The van der Waals surface area contributed by atoms with Crippen LogP contribution in [0.2, 0.25) is 0 Å². The number of nitrogens with zero attached hydrogens (tertiary/aromatic N) is 2. The highest BCUT2D eigenvalue weighted by molar-refractivity contribution is 7.87. The van der Waals surface area contributed by atoms with Crippen LogP contribution in [-0.2, 0) is 38.9 Å². The number of piperazine rings is 1. The summed E-state index contributed by atoms with van der Waals surface area (Å²) in [5, 5.41) is 2.64. The quantitative estimate of drug-likeness (QED) is 0.213. The molecule has 4 aromatic carbocycles. The first-order chi connectivity index (χ1) is 23.8.